The van der Waals surface area contributed by atoms with Crippen LogP contribution in [-0.2, 0) is 9.53 Å². The summed E-state index contributed by atoms with van der Waals surface area (Å²) in [5.41, 5.74) is 1.52. The van der Waals surface area contributed by atoms with Crippen molar-refractivity contribution in [1.82, 2.24) is 0 Å². The molecule has 0 spiro atoms. The molecule has 0 saturated heterocycles. The van der Waals surface area contributed by atoms with E-state index in [-0.39, 0.29) is 17.9 Å². The summed E-state index contributed by atoms with van der Waals surface area (Å²) in [6, 6.07) is 13.6. The molecule has 6 heteroatoms. The molecule has 0 amide bonds. The highest BCUT2D eigenvalue weighted by Gasteiger charge is 2.18. The number of nitrogens with zero attached hydrogens (tertiary/aromatic N) is 1. The molecule has 2 aromatic carbocycles. The Hall–Kier alpha value is -3.72. The van der Waals surface area contributed by atoms with Crippen molar-refractivity contribution >= 4 is 17.6 Å². The second-order valence-corrected chi connectivity index (χ2v) is 5.62. The van der Waals surface area contributed by atoms with Gasteiger partial charge in [-0.15, -0.1) is 0 Å². The van der Waals surface area contributed by atoms with Gasteiger partial charge in [-0.1, -0.05) is 30.4 Å². The number of benzene rings is 2. The van der Waals surface area contributed by atoms with Crippen molar-refractivity contribution < 1.29 is 24.1 Å². The summed E-state index contributed by atoms with van der Waals surface area (Å²) in [7, 11) is 3.03. The quantitative estimate of drug-likeness (QED) is 0.339. The number of methoxy groups -OCH3 is 2. The molecule has 0 fully saturated rings. The Kier molecular flexibility index (Phi) is 7.23. The average molecular weight is 379 g/mol. The fourth-order valence-corrected chi connectivity index (χ4v) is 2.55. The van der Waals surface area contributed by atoms with Crippen molar-refractivity contribution in [2.45, 2.75) is 6.92 Å². The molecule has 0 heterocycles. The SMILES string of the molecule is CCOC(=O)/C(C#N)=C(\C=C\c1cccc(O)c1)c1ccc(OC)c(OC)c1. The fourth-order valence-electron chi connectivity index (χ4n) is 2.55. The Morgan fingerprint density at radius 2 is 1.89 bits per heavy atom. The number of hydrogen-bond donors (Lipinski definition) is 1. The summed E-state index contributed by atoms with van der Waals surface area (Å²) in [5, 5.41) is 19.2. The van der Waals surface area contributed by atoms with Gasteiger partial charge in [0.1, 0.15) is 17.4 Å². The van der Waals surface area contributed by atoms with Crippen LogP contribution in [-0.4, -0.2) is 31.9 Å². The maximum absolute atomic E-state index is 12.3. The van der Waals surface area contributed by atoms with Crippen LogP contribution < -0.4 is 9.47 Å². The zero-order valence-corrected chi connectivity index (χ0v) is 15.9. The molecule has 2 aromatic rings. The standard InChI is InChI=1S/C22H21NO5/c1-4-28-22(25)19(14-23)18(10-8-15-6-5-7-17(24)12-15)16-9-11-20(26-2)21(13-16)27-3/h5-13,24H,4H2,1-3H3/b10-8+,19-18+. The number of allylic oxidation sites excluding steroid dienone is 2. The molecular formula is C22H21NO5. The van der Waals surface area contributed by atoms with Crippen LogP contribution in [0.15, 0.2) is 54.1 Å². The number of rotatable bonds is 7. The first-order valence-corrected chi connectivity index (χ1v) is 8.55. The summed E-state index contributed by atoms with van der Waals surface area (Å²) in [5.74, 6) is 0.390. The van der Waals surface area contributed by atoms with E-state index in [0.717, 1.165) is 0 Å². The van der Waals surface area contributed by atoms with Gasteiger partial charge in [0.25, 0.3) is 0 Å². The van der Waals surface area contributed by atoms with E-state index in [4.69, 9.17) is 14.2 Å². The van der Waals surface area contributed by atoms with Gasteiger partial charge < -0.3 is 19.3 Å². The maximum Gasteiger partial charge on any atom is 0.349 e. The molecule has 0 aliphatic carbocycles. The number of ether oxygens (including phenoxy) is 3. The topological polar surface area (TPSA) is 88.8 Å². The van der Waals surface area contributed by atoms with Crippen LogP contribution in [0.1, 0.15) is 18.1 Å². The van der Waals surface area contributed by atoms with E-state index in [1.54, 1.807) is 61.5 Å². The van der Waals surface area contributed by atoms with Gasteiger partial charge in [-0.2, -0.15) is 5.26 Å². The Balaban J connectivity index is 2.62. The van der Waals surface area contributed by atoms with Crippen LogP contribution in [0.3, 0.4) is 0 Å². The van der Waals surface area contributed by atoms with E-state index in [1.807, 2.05) is 6.07 Å². The van der Waals surface area contributed by atoms with Crippen LogP contribution in [0.5, 0.6) is 17.2 Å². The number of phenols is 1. The highest BCUT2D eigenvalue weighted by atomic mass is 16.5. The van der Waals surface area contributed by atoms with Gasteiger partial charge in [0.2, 0.25) is 0 Å². The van der Waals surface area contributed by atoms with Gasteiger partial charge in [0.05, 0.1) is 20.8 Å². The molecule has 0 bridgehead atoms. The molecule has 0 radical (unpaired) electrons. The lowest BCUT2D eigenvalue weighted by Crippen LogP contribution is -2.08. The summed E-state index contributed by atoms with van der Waals surface area (Å²) in [6.07, 6.45) is 3.33. The lowest BCUT2D eigenvalue weighted by atomic mass is 9.98. The van der Waals surface area contributed by atoms with Crippen molar-refractivity contribution in [3.63, 3.8) is 0 Å². The third-order valence-electron chi connectivity index (χ3n) is 3.87. The largest absolute Gasteiger partial charge is 0.508 e. The average Bonchev–Trinajstić information content (AvgIpc) is 2.70. The minimum atomic E-state index is -0.713. The monoisotopic (exact) mass is 379 g/mol. The van der Waals surface area contributed by atoms with Crippen LogP contribution >= 0.6 is 0 Å². The Labute approximate surface area is 163 Å². The molecule has 144 valence electrons. The third-order valence-corrected chi connectivity index (χ3v) is 3.87. The van der Waals surface area contributed by atoms with E-state index in [9.17, 15) is 15.2 Å². The first kappa shape index (κ1) is 20.6. The van der Waals surface area contributed by atoms with E-state index in [0.29, 0.717) is 28.2 Å². The number of nitriles is 1. The summed E-state index contributed by atoms with van der Waals surface area (Å²) in [4.78, 5) is 12.3. The molecule has 0 aromatic heterocycles. The zero-order valence-electron chi connectivity index (χ0n) is 15.9. The molecule has 1 N–H and O–H groups in total. The molecule has 28 heavy (non-hydrogen) atoms. The van der Waals surface area contributed by atoms with Gasteiger partial charge in [-0.05, 0) is 42.3 Å². The molecule has 0 saturated carbocycles. The number of carbonyl (C=O) groups excluding carboxylic acids is 1. The Morgan fingerprint density at radius 3 is 2.50 bits per heavy atom. The van der Waals surface area contributed by atoms with Crippen molar-refractivity contribution in [2.24, 2.45) is 0 Å². The van der Waals surface area contributed by atoms with Gasteiger partial charge in [0, 0.05) is 5.57 Å². The predicted molar refractivity (Wildman–Crippen MR) is 106 cm³/mol. The van der Waals surface area contributed by atoms with Gasteiger partial charge in [0.15, 0.2) is 11.5 Å². The molecule has 6 nitrogen and oxygen atoms in total. The molecular weight excluding hydrogens is 358 g/mol. The van der Waals surface area contributed by atoms with Crippen LogP contribution in [0.25, 0.3) is 11.6 Å². The van der Waals surface area contributed by atoms with E-state index >= 15 is 0 Å². The van der Waals surface area contributed by atoms with Crippen LogP contribution in [0, 0.1) is 11.3 Å². The zero-order chi connectivity index (χ0) is 20.5. The number of hydrogen-bond acceptors (Lipinski definition) is 6. The van der Waals surface area contributed by atoms with Gasteiger partial charge in [-0.25, -0.2) is 4.79 Å². The van der Waals surface area contributed by atoms with Crippen LogP contribution in [0.2, 0.25) is 0 Å². The number of esters is 1. The predicted octanol–water partition coefficient (Wildman–Crippen LogP) is 3.96. The van der Waals surface area contributed by atoms with E-state index < -0.39 is 5.97 Å². The van der Waals surface area contributed by atoms with Crippen molar-refractivity contribution in [2.75, 3.05) is 20.8 Å². The van der Waals surface area contributed by atoms with Crippen molar-refractivity contribution in [3.05, 3.63) is 65.2 Å². The summed E-state index contributed by atoms with van der Waals surface area (Å²) < 4.78 is 15.6. The summed E-state index contributed by atoms with van der Waals surface area (Å²) in [6.45, 7) is 1.82. The maximum atomic E-state index is 12.3. The molecule has 2 rings (SSSR count). The number of aromatic hydroxyl groups is 1. The highest BCUT2D eigenvalue weighted by molar-refractivity contribution is 6.04. The minimum absolute atomic E-state index is 0.115. The van der Waals surface area contributed by atoms with E-state index in [1.165, 1.54) is 14.2 Å². The molecule has 0 unspecified atom stereocenters. The first-order valence-electron chi connectivity index (χ1n) is 8.55. The second-order valence-electron chi connectivity index (χ2n) is 5.62. The smallest absolute Gasteiger partial charge is 0.349 e. The van der Waals surface area contributed by atoms with Crippen molar-refractivity contribution in [3.8, 4) is 23.3 Å². The molecule has 0 atom stereocenters. The fraction of sp³-hybridized carbons (Fsp3) is 0.182. The van der Waals surface area contributed by atoms with Crippen LogP contribution in [0.4, 0.5) is 0 Å². The van der Waals surface area contributed by atoms with E-state index in [2.05, 4.69) is 0 Å². The third kappa shape index (κ3) is 4.92. The lowest BCUT2D eigenvalue weighted by Gasteiger charge is -2.12. The Morgan fingerprint density at radius 1 is 1.14 bits per heavy atom. The minimum Gasteiger partial charge on any atom is -0.508 e. The molecule has 0 aliphatic heterocycles. The lowest BCUT2D eigenvalue weighted by molar-refractivity contribution is -0.137. The number of carbonyl (C=O) groups is 1. The second kappa shape index (κ2) is 9.83. The summed E-state index contributed by atoms with van der Waals surface area (Å²) >= 11 is 0. The molecule has 0 aliphatic rings. The first-order chi connectivity index (χ1) is 13.5. The van der Waals surface area contributed by atoms with Gasteiger partial charge >= 0.3 is 5.97 Å². The normalized spacial score (nSPS) is 11.5. The Bertz CT molecular complexity index is 954. The van der Waals surface area contributed by atoms with Crippen molar-refractivity contribution in [1.29, 1.82) is 5.26 Å². The van der Waals surface area contributed by atoms with Gasteiger partial charge in [-0.3, -0.25) is 0 Å². The number of phenolic OH excluding ortho intramolecular Hbond substituents is 1. The highest BCUT2D eigenvalue weighted by Crippen LogP contribution is 2.32.